The maximum absolute atomic E-state index is 2.32. The molecule has 0 aliphatic carbocycles. The number of hydrogen-bond donors (Lipinski definition) is 0. The maximum atomic E-state index is 2.32. The molecule has 8 rings (SSSR count). The minimum absolute atomic E-state index is 1.25. The monoisotopic (exact) mass is 648 g/mol. The molecule has 0 saturated carbocycles. The van der Waals surface area contributed by atoms with Gasteiger partial charge in [0.1, 0.15) is 0 Å². The highest BCUT2D eigenvalue weighted by atomic mass is 31.0. The van der Waals surface area contributed by atoms with Crippen LogP contribution in [0.4, 0.5) is 0 Å². The van der Waals surface area contributed by atoms with E-state index in [0.29, 0.717) is 0 Å². The normalized spacial score (nSPS) is 10.5. The fraction of sp³-hybridized carbons (Fsp3) is 0. The average molecular weight is 649 g/mol. The molecular weight excluding hydrogens is 614 g/mol. The van der Waals surface area contributed by atoms with E-state index in [1.807, 2.05) is 0 Å². The molecule has 6 aromatic carbocycles. The smallest absolute Gasteiger partial charge is 0.0102 e. The van der Waals surface area contributed by atoms with Gasteiger partial charge in [-0.1, -0.05) is 198 Å². The van der Waals surface area contributed by atoms with Crippen LogP contribution in [-0.2, 0) is 0 Å². The van der Waals surface area contributed by atoms with Crippen LogP contribution >= 0.6 is 16.4 Å². The summed E-state index contributed by atoms with van der Waals surface area (Å²) in [6.07, 6.45) is 0. The third kappa shape index (κ3) is 7.76. The Morgan fingerprint density at radius 2 is 0.375 bits per heavy atom. The molecule has 0 aliphatic rings. The molecular formula is C46H34P2. The van der Waals surface area contributed by atoms with Gasteiger partial charge in [0, 0.05) is 21.2 Å². The summed E-state index contributed by atoms with van der Waals surface area (Å²) in [5.41, 5.74) is 10.2. The van der Waals surface area contributed by atoms with Crippen LogP contribution in [0.5, 0.6) is 0 Å². The van der Waals surface area contributed by atoms with Gasteiger partial charge in [0.05, 0.1) is 0 Å². The SMILES string of the molecule is c1ccc(-c2cc(-c3ccccc3)pc(-c3ccccc3)c2)cc1.c1ccc(-c2cc(-c3ccccc3)pc(-c3ccccc3)c2)cc1. The Labute approximate surface area is 287 Å². The average Bonchev–Trinajstić information content (AvgIpc) is 3.20. The van der Waals surface area contributed by atoms with Crippen molar-refractivity contribution in [3.05, 3.63) is 206 Å². The van der Waals surface area contributed by atoms with E-state index in [9.17, 15) is 0 Å². The Bertz CT molecular complexity index is 1740. The fourth-order valence-electron chi connectivity index (χ4n) is 5.68. The summed E-state index contributed by atoms with van der Waals surface area (Å²) in [4.78, 5) is 0. The summed E-state index contributed by atoms with van der Waals surface area (Å²) in [6.45, 7) is 0. The van der Waals surface area contributed by atoms with Gasteiger partial charge < -0.3 is 0 Å². The van der Waals surface area contributed by atoms with Crippen molar-refractivity contribution < 1.29 is 0 Å². The van der Waals surface area contributed by atoms with E-state index in [1.54, 1.807) is 0 Å². The molecule has 0 unspecified atom stereocenters. The molecule has 0 N–H and O–H groups in total. The van der Waals surface area contributed by atoms with E-state index in [2.05, 4.69) is 206 Å². The molecule has 0 spiro atoms. The molecule has 0 fully saturated rings. The molecule has 0 atom stereocenters. The Balaban J connectivity index is 0.000000152. The van der Waals surface area contributed by atoms with E-state index in [-0.39, 0.29) is 0 Å². The van der Waals surface area contributed by atoms with Gasteiger partial charge in [-0.05, 0) is 68.8 Å². The third-order valence-electron chi connectivity index (χ3n) is 8.14. The van der Waals surface area contributed by atoms with E-state index >= 15 is 0 Å². The summed E-state index contributed by atoms with van der Waals surface area (Å²) in [7, 11) is 2.51. The predicted octanol–water partition coefficient (Wildman–Crippen LogP) is 14.5. The van der Waals surface area contributed by atoms with Gasteiger partial charge >= 0.3 is 0 Å². The molecule has 2 heterocycles. The lowest BCUT2D eigenvalue weighted by molar-refractivity contribution is 1.63. The van der Waals surface area contributed by atoms with Crippen LogP contribution in [0.1, 0.15) is 0 Å². The van der Waals surface area contributed by atoms with Gasteiger partial charge in [0.25, 0.3) is 0 Å². The second-order valence-electron chi connectivity index (χ2n) is 11.4. The van der Waals surface area contributed by atoms with Gasteiger partial charge in [0.15, 0.2) is 0 Å². The first-order valence-corrected chi connectivity index (χ1v) is 18.0. The summed E-state index contributed by atoms with van der Waals surface area (Å²) in [5.74, 6) is 0. The minimum atomic E-state index is 1.25. The molecule has 48 heavy (non-hydrogen) atoms. The zero-order valence-corrected chi connectivity index (χ0v) is 28.3. The Hall–Kier alpha value is -5.38. The van der Waals surface area contributed by atoms with Gasteiger partial charge in [0.2, 0.25) is 0 Å². The quantitative estimate of drug-likeness (QED) is 0.168. The minimum Gasteiger partial charge on any atom is -0.0622 e. The molecule has 0 saturated heterocycles. The van der Waals surface area contributed by atoms with E-state index in [1.165, 1.54) is 82.1 Å². The first kappa shape index (κ1) is 31.2. The highest BCUT2D eigenvalue weighted by Crippen LogP contribution is 2.42. The van der Waals surface area contributed by atoms with Crippen LogP contribution in [-0.4, -0.2) is 0 Å². The number of benzene rings is 6. The lowest BCUT2D eigenvalue weighted by Crippen LogP contribution is -1.82. The van der Waals surface area contributed by atoms with Crippen LogP contribution in [0.3, 0.4) is 0 Å². The summed E-state index contributed by atoms with van der Waals surface area (Å²) >= 11 is 0. The van der Waals surface area contributed by atoms with E-state index in [0.717, 1.165) is 0 Å². The summed E-state index contributed by atoms with van der Waals surface area (Å²) in [5, 5.41) is 5.37. The van der Waals surface area contributed by atoms with Crippen molar-refractivity contribution in [3.8, 4) is 65.7 Å². The standard InChI is InChI=1S/2C23H17P/c2*1-4-10-18(11-5-1)21-16-22(19-12-6-2-7-13-19)24-23(17-21)20-14-8-3-9-15-20/h2*1-17H. The van der Waals surface area contributed by atoms with Gasteiger partial charge in [-0.15, -0.1) is 0 Å². The van der Waals surface area contributed by atoms with Crippen LogP contribution in [0.2, 0.25) is 0 Å². The highest BCUT2D eigenvalue weighted by molar-refractivity contribution is 7.38. The van der Waals surface area contributed by atoms with Crippen LogP contribution in [0.15, 0.2) is 206 Å². The van der Waals surface area contributed by atoms with Crippen molar-refractivity contribution in [2.45, 2.75) is 0 Å². The van der Waals surface area contributed by atoms with Gasteiger partial charge in [-0.3, -0.25) is 0 Å². The van der Waals surface area contributed by atoms with Crippen LogP contribution < -0.4 is 0 Å². The van der Waals surface area contributed by atoms with Crippen molar-refractivity contribution in [2.75, 3.05) is 0 Å². The molecule has 2 heteroatoms. The fourth-order valence-corrected chi connectivity index (χ4v) is 8.13. The molecule has 0 bridgehead atoms. The van der Waals surface area contributed by atoms with Crippen LogP contribution in [0, 0.1) is 0 Å². The largest absolute Gasteiger partial charge is 0.0622 e. The Kier molecular flexibility index (Phi) is 10.1. The number of hydrogen-bond acceptors (Lipinski definition) is 0. The van der Waals surface area contributed by atoms with Crippen molar-refractivity contribution >= 4 is 16.4 Å². The Morgan fingerprint density at radius 1 is 0.188 bits per heavy atom. The van der Waals surface area contributed by atoms with E-state index in [4.69, 9.17) is 0 Å². The zero-order chi connectivity index (χ0) is 32.4. The highest BCUT2D eigenvalue weighted by Gasteiger charge is 2.09. The molecule has 2 aromatic heterocycles. The van der Waals surface area contributed by atoms with E-state index < -0.39 is 0 Å². The lowest BCUT2D eigenvalue weighted by atomic mass is 10.0. The maximum Gasteiger partial charge on any atom is 0.0102 e. The predicted molar refractivity (Wildman–Crippen MR) is 211 cm³/mol. The van der Waals surface area contributed by atoms with Crippen molar-refractivity contribution in [1.82, 2.24) is 0 Å². The first-order valence-electron chi connectivity index (χ1n) is 16.2. The van der Waals surface area contributed by atoms with Gasteiger partial charge in [-0.2, -0.15) is 0 Å². The Morgan fingerprint density at radius 3 is 0.583 bits per heavy atom. The van der Waals surface area contributed by atoms with Crippen molar-refractivity contribution in [1.29, 1.82) is 0 Å². The third-order valence-corrected chi connectivity index (χ3v) is 10.7. The first-order chi connectivity index (χ1) is 23.8. The molecule has 0 aliphatic heterocycles. The lowest BCUT2D eigenvalue weighted by Gasteiger charge is -2.10. The molecule has 8 aromatic rings. The molecule has 0 nitrogen and oxygen atoms in total. The number of rotatable bonds is 6. The molecule has 0 amide bonds. The molecule has 228 valence electrons. The summed E-state index contributed by atoms with van der Waals surface area (Å²) < 4.78 is 0. The zero-order valence-electron chi connectivity index (χ0n) is 26.5. The van der Waals surface area contributed by atoms with Crippen molar-refractivity contribution in [2.24, 2.45) is 0 Å². The van der Waals surface area contributed by atoms with Gasteiger partial charge in [-0.25, -0.2) is 0 Å². The topological polar surface area (TPSA) is 0 Å². The second-order valence-corrected chi connectivity index (χ2v) is 13.8. The second kappa shape index (κ2) is 15.5. The van der Waals surface area contributed by atoms with Crippen molar-refractivity contribution in [3.63, 3.8) is 0 Å². The molecule has 0 radical (unpaired) electrons. The van der Waals surface area contributed by atoms with Crippen LogP contribution in [0.25, 0.3) is 65.7 Å². The summed E-state index contributed by atoms with van der Waals surface area (Å²) in [6, 6.07) is 73.1.